The molecule has 0 atom stereocenters. The molecule has 1 aliphatic heterocycles. The molecule has 8 aromatic rings. The van der Waals surface area contributed by atoms with Crippen molar-refractivity contribution in [2.24, 2.45) is 10.9 Å². The number of nitro benzene ring substituents is 1. The Hall–Kier alpha value is -8.62. The number of carboxylic acid groups (broad SMARTS) is 2. The van der Waals surface area contributed by atoms with E-state index in [1.807, 2.05) is 5.32 Å². The molecule has 48 heteroatoms. The minimum atomic E-state index is -4.67. The van der Waals surface area contributed by atoms with E-state index >= 15 is 0 Å². The van der Waals surface area contributed by atoms with Crippen molar-refractivity contribution in [2.45, 2.75) is 13.8 Å². The molecule has 0 saturated heterocycles. The average molecular weight is 1940 g/mol. The van der Waals surface area contributed by atoms with Crippen LogP contribution >= 0.6 is 112 Å². The fraction of sp³-hybridized carbons (Fsp3) is 0.0556. The Bertz CT molecular complexity index is 4530. The minimum absolute atomic E-state index is 0.0618. The van der Waals surface area contributed by atoms with Gasteiger partial charge in [0.1, 0.15) is 58.3 Å². The van der Waals surface area contributed by atoms with Crippen LogP contribution in [0.5, 0.6) is 0 Å². The van der Waals surface area contributed by atoms with Gasteiger partial charge in [-0.1, -0.05) is 11.2 Å². The van der Waals surface area contributed by atoms with Crippen molar-refractivity contribution in [1.82, 2.24) is 9.97 Å². The minimum Gasteiger partial charge on any atom is -0.481 e. The molecule has 0 bridgehead atoms. The lowest BCUT2D eigenvalue weighted by Gasteiger charge is -2.05. The molecule has 2 heterocycles. The van der Waals surface area contributed by atoms with Gasteiger partial charge in [-0.3, -0.25) is 48.6 Å². The molecule has 0 radical (unpaired) electrons. The van der Waals surface area contributed by atoms with E-state index in [4.69, 9.17) is 59.7 Å². The number of aromatic nitrogens is 2. The molecule has 1 aliphatic rings. The molecule has 16 N–H and O–H groups in total. The van der Waals surface area contributed by atoms with Crippen molar-refractivity contribution >= 4 is 203 Å². The number of carboxylic acids is 2. The van der Waals surface area contributed by atoms with Crippen LogP contribution in [0.2, 0.25) is 0 Å². The number of nitro groups is 1. The lowest BCUT2D eigenvalue weighted by Crippen LogP contribution is -2.14. The lowest BCUT2D eigenvalue weighted by molar-refractivity contribution is -0.387. The number of amides is 2. The Morgan fingerprint density at radius 1 is 0.657 bits per heavy atom. The standard InChI is InChI=1S/C8H5BrF2N2O2.C8H3BrF2N2O.C8H2BrF2NO2.C7H4BrF2NO2.C6H2BrF2NO2.C6H4BrF2N.C6H3BrF2.C2H4O2.C2H6O.CH4N2.H2O4S/c9-7-4(10)1-2-5(8(7)11)13-6(14)3-12-15;9-5-4(10)1-3-7(6(5)11)12-2-13-8(3)14;9-4-3(10)1-2-6(5(4)11)12-8(14)7(2)13;8-4-3(9)1-2(7(12)13)6(11)5(4)10;7-5-3(8)1-2-4(6(5)9)10(11)12;7-5-3(8)1-2-4(10)6(5)9;7-6-4(8)2-1-3-5(6)9;1-2(3)4;1-2-3;2-1-3;1-5(2,3)4/h1-3,15H,(H,13,14);1-2H,(H,12,13,14);1H,(H,12,13,14);1H,11H2,(H,12,13);1-2H;1-2H,10H2;1-3H;1H3,(H,3,4);3H,2H2,1H3;1H,(H3,2,3);(H2,1,2,3,4)/b12-3+;;;;;;;;;;. The fourth-order valence-electron chi connectivity index (χ4n) is 5.61. The number of aromatic carboxylic acids is 1. The fourth-order valence-corrected chi connectivity index (χ4v) is 7.86. The highest BCUT2D eigenvalue weighted by Gasteiger charge is 2.33. The number of H-pyrrole nitrogens is 1. The van der Waals surface area contributed by atoms with Crippen LogP contribution in [0.15, 0.2) is 120 Å². The molecule has 1 aromatic heterocycles. The number of hydrogen-bond donors (Lipinski definition) is 13. The predicted octanol–water partition coefficient (Wildman–Crippen LogP) is 14.6. The van der Waals surface area contributed by atoms with Gasteiger partial charge >= 0.3 is 22.1 Å². The second-order valence-corrected chi connectivity index (χ2v) is 23.2. The number of hydrogen-bond acceptors (Lipinski definition) is 17. The Balaban J connectivity index is 0. The molecule has 0 spiro atoms. The third kappa shape index (κ3) is 31.7. The maximum Gasteiger partial charge on any atom is 0.394 e. The molecule has 26 nitrogen and oxygen atoms in total. The Kier molecular flexibility index (Phi) is 43.1. The van der Waals surface area contributed by atoms with Gasteiger partial charge in [-0.15, -0.1) is 0 Å². The second kappa shape index (κ2) is 46.1. The second-order valence-electron chi connectivity index (χ2n) is 16.7. The highest BCUT2D eigenvalue weighted by molar-refractivity contribution is 9.11. The summed E-state index contributed by atoms with van der Waals surface area (Å²) < 4.78 is 208. The van der Waals surface area contributed by atoms with Crippen molar-refractivity contribution in [3.05, 3.63) is 223 Å². The molecule has 0 fully saturated rings. The first-order valence-corrected chi connectivity index (χ1v) is 31.8. The van der Waals surface area contributed by atoms with Crippen LogP contribution < -0.4 is 33.4 Å². The third-order valence-electron chi connectivity index (χ3n) is 9.70. The van der Waals surface area contributed by atoms with Crippen LogP contribution in [0.4, 0.5) is 89.9 Å². The summed E-state index contributed by atoms with van der Waals surface area (Å²) in [4.78, 5) is 78.4. The molecule has 0 unspecified atom stereocenters. The molecular formula is C54H39Br7F14N10O16S. The summed E-state index contributed by atoms with van der Waals surface area (Å²) in [7, 11) is -4.67. The Morgan fingerprint density at radius 3 is 1.51 bits per heavy atom. The van der Waals surface area contributed by atoms with Gasteiger partial charge in [0.25, 0.3) is 29.1 Å². The van der Waals surface area contributed by atoms with Gasteiger partial charge in [-0.2, -0.15) is 12.8 Å². The first kappa shape index (κ1) is 95.4. The summed E-state index contributed by atoms with van der Waals surface area (Å²) in [5, 5.41) is 53.9. The number of aliphatic hydroxyl groups is 1. The molecule has 0 saturated carbocycles. The number of rotatable bonds is 4. The number of anilines is 4. The van der Waals surface area contributed by atoms with Gasteiger partial charge < -0.3 is 53.3 Å². The van der Waals surface area contributed by atoms with E-state index in [0.29, 0.717) is 12.3 Å². The number of ketones is 1. The monoisotopic (exact) mass is 1930 g/mol. The van der Waals surface area contributed by atoms with E-state index in [0.717, 1.165) is 62.1 Å². The highest BCUT2D eigenvalue weighted by Crippen LogP contribution is 2.34. The van der Waals surface area contributed by atoms with Crippen LogP contribution in [0.25, 0.3) is 10.9 Å². The number of nitrogen functional groups attached to an aromatic ring is 2. The van der Waals surface area contributed by atoms with E-state index in [1.165, 1.54) is 24.3 Å². The van der Waals surface area contributed by atoms with Gasteiger partial charge in [0.15, 0.2) is 29.1 Å². The first-order chi connectivity index (χ1) is 47.1. The van der Waals surface area contributed by atoms with Gasteiger partial charge in [0.05, 0.1) is 88.2 Å². The molecule has 7 aromatic carbocycles. The number of Topliss-reactive ketones (excluding diaryl/α,β-unsaturated/α-hetero) is 1. The number of nitrogens with one attached hydrogen (secondary N) is 4. The summed E-state index contributed by atoms with van der Waals surface area (Å²) in [6, 6.07) is 12.0. The van der Waals surface area contributed by atoms with Crippen LogP contribution in [0.3, 0.4) is 0 Å². The van der Waals surface area contributed by atoms with Crippen LogP contribution in [-0.4, -0.2) is 102 Å². The smallest absolute Gasteiger partial charge is 0.394 e. The van der Waals surface area contributed by atoms with Crippen molar-refractivity contribution in [1.29, 1.82) is 5.41 Å². The number of halogens is 21. The molecular weight excluding hydrogens is 1900 g/mol. The zero-order chi connectivity index (χ0) is 79.7. The number of oxime groups is 1. The normalized spacial score (nSPS) is 10.4. The zero-order valence-corrected chi connectivity index (χ0v) is 61.5. The SMILES string of the molecule is CC(=O)O.CCO.Fc1cccc(F)c1Br.N=CN.Nc1c(C(=O)O)cc(F)c(Br)c1F.Nc1ccc(F)c(Br)c1F.O=C(/C=N/O)Nc1ccc(F)c(Br)c1F.O=C1Nc2c(cc(F)c(Br)c2F)C1=O.O=S(=O)(O)O.O=[N+]([O-])c1ccc(F)c(Br)c1F.O=c1[nH]cnc2c(F)c(Br)c(F)cc12. The largest absolute Gasteiger partial charge is 0.481 e. The number of aromatic amines is 1. The summed E-state index contributed by atoms with van der Waals surface area (Å²) in [6.07, 6.45) is 2.37. The predicted molar refractivity (Wildman–Crippen MR) is 362 cm³/mol. The van der Waals surface area contributed by atoms with Gasteiger partial charge in [0.2, 0.25) is 5.82 Å². The molecule has 102 heavy (non-hydrogen) atoms. The van der Waals surface area contributed by atoms with E-state index in [2.05, 4.69) is 138 Å². The highest BCUT2D eigenvalue weighted by atomic mass is 79.9. The van der Waals surface area contributed by atoms with Crippen LogP contribution in [0.1, 0.15) is 34.6 Å². The number of aliphatic carboxylic acids is 1. The van der Waals surface area contributed by atoms with Crippen molar-refractivity contribution < 1.29 is 128 Å². The zero-order valence-electron chi connectivity index (χ0n) is 49.6. The third-order valence-corrected chi connectivity index (χ3v) is 14.8. The Morgan fingerprint density at radius 2 is 1.06 bits per heavy atom. The Labute approximate surface area is 619 Å². The number of benzene rings is 7. The van der Waals surface area contributed by atoms with E-state index in [-0.39, 0.29) is 58.0 Å². The topological polar surface area (TPSA) is 468 Å². The maximum atomic E-state index is 13.3. The van der Waals surface area contributed by atoms with Crippen molar-refractivity contribution in [3.63, 3.8) is 0 Å². The number of nitrogens with two attached hydrogens (primary N) is 3. The summed E-state index contributed by atoms with van der Waals surface area (Å²) in [5.74, 6) is -17.0. The summed E-state index contributed by atoms with van der Waals surface area (Å²) >= 11 is 18.6. The number of fused-ring (bicyclic) bond motifs is 2. The van der Waals surface area contributed by atoms with Gasteiger partial charge in [-0.05, 0) is 179 Å². The molecule has 2 amide bonds. The number of carbonyl (C=O) groups excluding carboxylic acids is 3. The van der Waals surface area contributed by atoms with Gasteiger partial charge in [-0.25, -0.2) is 66.9 Å². The van der Waals surface area contributed by atoms with E-state index in [9.17, 15) is 95.6 Å². The number of aliphatic hydroxyl groups excluding tert-OH is 1. The van der Waals surface area contributed by atoms with Crippen molar-refractivity contribution in [2.75, 3.05) is 28.7 Å². The maximum absolute atomic E-state index is 13.3. The van der Waals surface area contributed by atoms with Crippen molar-refractivity contribution in [3.8, 4) is 0 Å². The van der Waals surface area contributed by atoms with Crippen LogP contribution in [-0.2, 0) is 24.8 Å². The first-order valence-electron chi connectivity index (χ1n) is 24.9. The van der Waals surface area contributed by atoms with E-state index < -0.39 is 162 Å². The summed E-state index contributed by atoms with van der Waals surface area (Å²) in [5.41, 5.74) is 11.2. The van der Waals surface area contributed by atoms with E-state index in [1.54, 1.807) is 6.92 Å². The van der Waals surface area contributed by atoms with Gasteiger partial charge in [0, 0.05) is 19.6 Å². The number of carbonyl (C=O) groups is 5. The number of nitrogens with zero attached hydrogens (tertiary/aromatic N) is 3. The molecule has 9 rings (SSSR count). The molecule has 0 aliphatic carbocycles. The van der Waals surface area contributed by atoms with Crippen LogP contribution in [0, 0.1) is 97.0 Å². The lowest BCUT2D eigenvalue weighted by atomic mass is 10.1. The average Bonchev–Trinajstić information content (AvgIpc) is 1.52. The summed E-state index contributed by atoms with van der Waals surface area (Å²) in [6.45, 7) is 3.01. The quantitative estimate of drug-likeness (QED) is 0.00743. The molecule has 554 valence electrons.